The van der Waals surface area contributed by atoms with Crippen LogP contribution in [0.3, 0.4) is 0 Å². The van der Waals surface area contributed by atoms with Crippen LogP contribution in [-0.2, 0) is 0 Å². The van der Waals surface area contributed by atoms with Gasteiger partial charge in [-0.05, 0) is 36.4 Å². The Morgan fingerprint density at radius 2 is 1.19 bits per heavy atom. The van der Waals surface area contributed by atoms with E-state index >= 15 is 0 Å². The fourth-order valence-corrected chi connectivity index (χ4v) is 3.76. The van der Waals surface area contributed by atoms with Gasteiger partial charge in [-0.3, -0.25) is 4.79 Å². The number of aromatic nitrogens is 2. The van der Waals surface area contributed by atoms with Crippen molar-refractivity contribution < 1.29 is 4.79 Å². The van der Waals surface area contributed by atoms with E-state index in [1.165, 1.54) is 0 Å². The molecule has 148 valence electrons. The molecule has 0 aliphatic heterocycles. The van der Waals surface area contributed by atoms with Crippen molar-refractivity contribution in [1.82, 2.24) is 9.97 Å². The number of carbonyl (C=O) groups excluding carboxylic acids is 1. The van der Waals surface area contributed by atoms with E-state index in [0.29, 0.717) is 21.8 Å². The van der Waals surface area contributed by atoms with E-state index in [2.05, 4.69) is 0 Å². The first-order chi connectivity index (χ1) is 15.2. The van der Waals surface area contributed by atoms with Gasteiger partial charge in [-0.1, -0.05) is 78.3 Å². The Labute approximate surface area is 185 Å². The first-order valence-electron chi connectivity index (χ1n) is 9.92. The van der Waals surface area contributed by atoms with Crippen molar-refractivity contribution in [2.75, 3.05) is 0 Å². The van der Waals surface area contributed by atoms with E-state index in [1.807, 2.05) is 78.9 Å². The summed E-state index contributed by atoms with van der Waals surface area (Å²) in [6, 6.07) is 32.2. The van der Waals surface area contributed by atoms with Crippen LogP contribution in [0.5, 0.6) is 0 Å². The standard InChI is InChI=1S/C27H17ClN2O/c28-20-16-14-19(15-17-20)27(31)22-11-5-4-10-21(22)26-25(18-8-2-1-3-9-18)29-23-12-6-7-13-24(23)30-26/h1-17H. The van der Waals surface area contributed by atoms with Gasteiger partial charge in [-0.15, -0.1) is 0 Å². The molecule has 5 aromatic rings. The summed E-state index contributed by atoms with van der Waals surface area (Å²) in [4.78, 5) is 23.2. The zero-order valence-corrected chi connectivity index (χ0v) is 17.3. The molecule has 0 fully saturated rings. The molecule has 0 aliphatic carbocycles. The molecule has 4 aromatic carbocycles. The SMILES string of the molecule is O=C(c1ccc(Cl)cc1)c1ccccc1-c1nc2ccccc2nc1-c1ccccc1. The number of carbonyl (C=O) groups is 1. The summed E-state index contributed by atoms with van der Waals surface area (Å²) in [5.74, 6) is -0.0822. The molecule has 5 rings (SSSR count). The quantitative estimate of drug-likeness (QED) is 0.298. The number of rotatable bonds is 4. The van der Waals surface area contributed by atoms with Crippen LogP contribution in [-0.4, -0.2) is 15.8 Å². The smallest absolute Gasteiger partial charge is 0.193 e. The van der Waals surface area contributed by atoms with E-state index in [9.17, 15) is 4.79 Å². The predicted molar refractivity (Wildman–Crippen MR) is 125 cm³/mol. The van der Waals surface area contributed by atoms with Gasteiger partial charge in [0.25, 0.3) is 0 Å². The summed E-state index contributed by atoms with van der Waals surface area (Å²) in [6.45, 7) is 0. The summed E-state index contributed by atoms with van der Waals surface area (Å²) < 4.78 is 0. The molecule has 1 aromatic heterocycles. The summed E-state index contributed by atoms with van der Waals surface area (Å²) in [5.41, 5.74) is 5.87. The minimum atomic E-state index is -0.0822. The molecule has 4 heteroatoms. The normalized spacial score (nSPS) is 10.9. The average molecular weight is 421 g/mol. The lowest BCUT2D eigenvalue weighted by Gasteiger charge is -2.14. The topological polar surface area (TPSA) is 42.9 Å². The highest BCUT2D eigenvalue weighted by atomic mass is 35.5. The van der Waals surface area contributed by atoms with Gasteiger partial charge in [0.15, 0.2) is 5.78 Å². The van der Waals surface area contributed by atoms with Crippen molar-refractivity contribution in [2.45, 2.75) is 0 Å². The molecule has 0 amide bonds. The highest BCUT2D eigenvalue weighted by Crippen LogP contribution is 2.33. The van der Waals surface area contributed by atoms with Crippen LogP contribution in [0.4, 0.5) is 0 Å². The molecule has 0 saturated carbocycles. The molecule has 0 aliphatic rings. The van der Waals surface area contributed by atoms with Gasteiger partial charge in [0, 0.05) is 27.3 Å². The van der Waals surface area contributed by atoms with E-state index in [1.54, 1.807) is 24.3 Å². The van der Waals surface area contributed by atoms with Crippen LogP contribution >= 0.6 is 11.6 Å². The Kier molecular flexibility index (Phi) is 5.03. The van der Waals surface area contributed by atoms with Crippen molar-refractivity contribution in [2.24, 2.45) is 0 Å². The number of hydrogen-bond acceptors (Lipinski definition) is 3. The minimum Gasteiger partial charge on any atom is -0.289 e. The second kappa shape index (κ2) is 8.13. The van der Waals surface area contributed by atoms with Gasteiger partial charge in [0.05, 0.1) is 22.4 Å². The second-order valence-corrected chi connectivity index (χ2v) is 7.59. The highest BCUT2D eigenvalue weighted by Gasteiger charge is 2.20. The zero-order chi connectivity index (χ0) is 21.2. The predicted octanol–water partition coefficient (Wildman–Crippen LogP) is 6.85. The van der Waals surface area contributed by atoms with Crippen molar-refractivity contribution in [1.29, 1.82) is 0 Å². The Morgan fingerprint density at radius 1 is 0.613 bits per heavy atom. The Hall–Kier alpha value is -3.82. The van der Waals surface area contributed by atoms with Crippen LogP contribution in [0.25, 0.3) is 33.5 Å². The van der Waals surface area contributed by atoms with E-state index in [0.717, 1.165) is 27.9 Å². The lowest BCUT2D eigenvalue weighted by atomic mass is 9.94. The summed E-state index contributed by atoms with van der Waals surface area (Å²) in [7, 11) is 0. The molecular weight excluding hydrogens is 404 g/mol. The number of hydrogen-bond donors (Lipinski definition) is 0. The number of fused-ring (bicyclic) bond motifs is 1. The lowest BCUT2D eigenvalue weighted by Crippen LogP contribution is -2.05. The van der Waals surface area contributed by atoms with Crippen molar-refractivity contribution in [3.8, 4) is 22.5 Å². The van der Waals surface area contributed by atoms with E-state index < -0.39 is 0 Å². The maximum Gasteiger partial charge on any atom is 0.193 e. The Bertz CT molecular complexity index is 1400. The zero-order valence-electron chi connectivity index (χ0n) is 16.5. The molecule has 0 atom stereocenters. The number of halogens is 1. The summed E-state index contributed by atoms with van der Waals surface area (Å²) in [6.07, 6.45) is 0. The second-order valence-electron chi connectivity index (χ2n) is 7.16. The Morgan fingerprint density at radius 3 is 1.90 bits per heavy atom. The van der Waals surface area contributed by atoms with Crippen molar-refractivity contribution in [3.05, 3.63) is 119 Å². The van der Waals surface area contributed by atoms with Crippen molar-refractivity contribution >= 4 is 28.4 Å². The third-order valence-electron chi connectivity index (χ3n) is 5.15. The summed E-state index contributed by atoms with van der Waals surface area (Å²) in [5, 5.41) is 0.594. The van der Waals surface area contributed by atoms with Crippen LogP contribution < -0.4 is 0 Å². The van der Waals surface area contributed by atoms with Gasteiger partial charge in [-0.2, -0.15) is 0 Å². The molecule has 31 heavy (non-hydrogen) atoms. The van der Waals surface area contributed by atoms with Crippen LogP contribution in [0.15, 0.2) is 103 Å². The third-order valence-corrected chi connectivity index (χ3v) is 5.40. The number of benzene rings is 4. The first-order valence-corrected chi connectivity index (χ1v) is 10.3. The van der Waals surface area contributed by atoms with Gasteiger partial charge >= 0.3 is 0 Å². The minimum absolute atomic E-state index is 0.0822. The van der Waals surface area contributed by atoms with Gasteiger partial charge in [0.2, 0.25) is 0 Å². The summed E-state index contributed by atoms with van der Waals surface area (Å²) >= 11 is 6.00. The highest BCUT2D eigenvalue weighted by molar-refractivity contribution is 6.30. The molecule has 0 N–H and O–H groups in total. The first kappa shape index (κ1) is 19.2. The number of ketones is 1. The molecule has 1 heterocycles. The molecule has 0 radical (unpaired) electrons. The number of para-hydroxylation sites is 2. The molecular formula is C27H17ClN2O. The Balaban J connectivity index is 1.75. The van der Waals surface area contributed by atoms with Crippen LogP contribution in [0.1, 0.15) is 15.9 Å². The molecule has 0 unspecified atom stereocenters. The van der Waals surface area contributed by atoms with E-state index in [-0.39, 0.29) is 5.78 Å². The maximum atomic E-state index is 13.4. The van der Waals surface area contributed by atoms with E-state index in [4.69, 9.17) is 21.6 Å². The van der Waals surface area contributed by atoms with Crippen molar-refractivity contribution in [3.63, 3.8) is 0 Å². The maximum absolute atomic E-state index is 13.4. The van der Waals surface area contributed by atoms with Crippen LogP contribution in [0.2, 0.25) is 5.02 Å². The molecule has 0 bridgehead atoms. The molecule has 3 nitrogen and oxygen atoms in total. The fraction of sp³-hybridized carbons (Fsp3) is 0. The average Bonchev–Trinajstić information content (AvgIpc) is 2.84. The monoisotopic (exact) mass is 420 g/mol. The molecule has 0 saturated heterocycles. The largest absolute Gasteiger partial charge is 0.289 e. The number of nitrogens with zero attached hydrogens (tertiary/aromatic N) is 2. The van der Waals surface area contributed by atoms with Gasteiger partial charge < -0.3 is 0 Å². The third kappa shape index (κ3) is 3.72. The fourth-order valence-electron chi connectivity index (χ4n) is 3.63. The van der Waals surface area contributed by atoms with Gasteiger partial charge in [0.1, 0.15) is 0 Å². The van der Waals surface area contributed by atoms with Crippen LogP contribution in [0, 0.1) is 0 Å². The molecule has 0 spiro atoms. The van der Waals surface area contributed by atoms with Gasteiger partial charge in [-0.25, -0.2) is 9.97 Å². The lowest BCUT2D eigenvalue weighted by molar-refractivity contribution is 0.103.